The molecule has 2 heterocycles. The van der Waals surface area contributed by atoms with E-state index < -0.39 is 0 Å². The molecule has 5 nitrogen and oxygen atoms in total. The molecule has 4 rings (SSSR count). The molecule has 0 aliphatic carbocycles. The predicted octanol–water partition coefficient (Wildman–Crippen LogP) is 3.92. The van der Waals surface area contributed by atoms with Crippen LogP contribution in [0.15, 0.2) is 30.3 Å². The van der Waals surface area contributed by atoms with Crippen molar-refractivity contribution in [3.05, 3.63) is 57.6 Å². The first-order valence-electron chi connectivity index (χ1n) is 9.64. The van der Waals surface area contributed by atoms with E-state index in [0.717, 1.165) is 25.2 Å². The van der Waals surface area contributed by atoms with Gasteiger partial charge in [0.2, 0.25) is 12.7 Å². The monoisotopic (exact) mass is 400 g/mol. The normalized spacial score (nSPS) is 17.1. The number of nitrogens with zero attached hydrogens (tertiary/aromatic N) is 2. The van der Waals surface area contributed by atoms with Crippen LogP contribution in [0.25, 0.3) is 0 Å². The van der Waals surface area contributed by atoms with Crippen molar-refractivity contribution in [3.8, 4) is 11.5 Å². The summed E-state index contributed by atoms with van der Waals surface area (Å²) in [7, 11) is 0. The lowest BCUT2D eigenvalue weighted by Gasteiger charge is -2.23. The van der Waals surface area contributed by atoms with E-state index in [-0.39, 0.29) is 12.7 Å². The number of hydrogen-bond donors (Lipinski definition) is 0. The highest BCUT2D eigenvalue weighted by atomic mass is 35.5. The molecule has 2 aromatic carbocycles. The van der Waals surface area contributed by atoms with Crippen molar-refractivity contribution < 1.29 is 14.3 Å². The van der Waals surface area contributed by atoms with Crippen molar-refractivity contribution in [2.24, 2.45) is 0 Å². The number of benzene rings is 2. The summed E-state index contributed by atoms with van der Waals surface area (Å²) in [5, 5.41) is 0.605. The highest BCUT2D eigenvalue weighted by Crippen LogP contribution is 2.37. The molecule has 2 aromatic rings. The lowest BCUT2D eigenvalue weighted by molar-refractivity contribution is -0.130. The molecule has 0 atom stereocenters. The second-order valence-corrected chi connectivity index (χ2v) is 7.98. The minimum Gasteiger partial charge on any atom is -0.454 e. The van der Waals surface area contributed by atoms with Crippen molar-refractivity contribution in [3.63, 3.8) is 0 Å². The number of carbonyl (C=O) groups excluding carboxylic acids is 1. The van der Waals surface area contributed by atoms with E-state index in [9.17, 15) is 4.79 Å². The maximum atomic E-state index is 12.7. The van der Waals surface area contributed by atoms with Crippen molar-refractivity contribution in [2.75, 3.05) is 26.4 Å². The first-order chi connectivity index (χ1) is 13.5. The number of carbonyl (C=O) groups is 1. The summed E-state index contributed by atoms with van der Waals surface area (Å²) in [4.78, 5) is 16.9. The minimum atomic E-state index is 0.164. The van der Waals surface area contributed by atoms with Gasteiger partial charge in [0.05, 0.1) is 0 Å². The summed E-state index contributed by atoms with van der Waals surface area (Å²) in [6.45, 7) is 8.15. The molecule has 0 aromatic heterocycles. The fourth-order valence-corrected chi connectivity index (χ4v) is 4.00. The Balaban J connectivity index is 1.43. The van der Waals surface area contributed by atoms with Gasteiger partial charge in [0.1, 0.15) is 0 Å². The molecule has 0 radical (unpaired) electrons. The maximum absolute atomic E-state index is 12.7. The molecule has 0 saturated carbocycles. The first-order valence-corrected chi connectivity index (χ1v) is 10.0. The molecule has 0 bridgehead atoms. The first kappa shape index (κ1) is 19.1. The zero-order chi connectivity index (χ0) is 19.7. The molecule has 2 aliphatic heterocycles. The SMILES string of the molecule is Cc1ccc(CN2CCC(=O)N(Cc3cc4c(cc3Cl)OCO4)CC2)c(C)c1. The molecule has 1 saturated heterocycles. The van der Waals surface area contributed by atoms with Gasteiger partial charge in [-0.05, 0) is 36.6 Å². The van der Waals surface area contributed by atoms with Crippen LogP contribution in [0.5, 0.6) is 11.5 Å². The van der Waals surface area contributed by atoms with Crippen LogP contribution < -0.4 is 9.47 Å². The summed E-state index contributed by atoms with van der Waals surface area (Å²) in [6, 6.07) is 10.2. The molecule has 0 unspecified atom stereocenters. The molecule has 1 amide bonds. The summed E-state index contributed by atoms with van der Waals surface area (Å²) < 4.78 is 10.8. The van der Waals surface area contributed by atoms with Gasteiger partial charge in [-0.25, -0.2) is 0 Å². The topological polar surface area (TPSA) is 42.0 Å². The smallest absolute Gasteiger partial charge is 0.231 e. The second-order valence-electron chi connectivity index (χ2n) is 7.57. The molecular weight excluding hydrogens is 376 g/mol. The Bertz CT molecular complexity index is 900. The van der Waals surface area contributed by atoms with E-state index in [2.05, 4.69) is 36.9 Å². The average molecular weight is 401 g/mol. The van der Waals surface area contributed by atoms with Crippen LogP contribution in [-0.4, -0.2) is 42.1 Å². The summed E-state index contributed by atoms with van der Waals surface area (Å²) in [5.41, 5.74) is 4.80. The third-order valence-corrected chi connectivity index (χ3v) is 5.83. The van der Waals surface area contributed by atoms with Crippen molar-refractivity contribution in [2.45, 2.75) is 33.4 Å². The highest BCUT2D eigenvalue weighted by molar-refractivity contribution is 6.31. The summed E-state index contributed by atoms with van der Waals surface area (Å²) in [6.07, 6.45) is 0.521. The number of halogens is 1. The molecule has 1 fully saturated rings. The highest BCUT2D eigenvalue weighted by Gasteiger charge is 2.24. The van der Waals surface area contributed by atoms with Crippen molar-refractivity contribution >= 4 is 17.5 Å². The third kappa shape index (κ3) is 4.10. The van der Waals surface area contributed by atoms with Crippen LogP contribution in [0.1, 0.15) is 28.7 Å². The van der Waals surface area contributed by atoms with Gasteiger partial charge in [0, 0.05) is 50.2 Å². The zero-order valence-corrected chi connectivity index (χ0v) is 17.1. The van der Waals surface area contributed by atoms with Gasteiger partial charge in [-0.1, -0.05) is 35.4 Å². The van der Waals surface area contributed by atoms with Gasteiger partial charge >= 0.3 is 0 Å². The van der Waals surface area contributed by atoms with Gasteiger partial charge in [0.25, 0.3) is 0 Å². The van der Waals surface area contributed by atoms with E-state index in [0.29, 0.717) is 36.0 Å². The van der Waals surface area contributed by atoms with E-state index in [1.54, 1.807) is 6.07 Å². The van der Waals surface area contributed by atoms with Crippen LogP contribution in [0, 0.1) is 13.8 Å². The summed E-state index contributed by atoms with van der Waals surface area (Å²) in [5.74, 6) is 1.52. The second kappa shape index (κ2) is 8.02. The Morgan fingerprint density at radius 2 is 1.75 bits per heavy atom. The molecular formula is C22H25ClN2O3. The molecule has 0 N–H and O–H groups in total. The fraction of sp³-hybridized carbons (Fsp3) is 0.409. The van der Waals surface area contributed by atoms with Gasteiger partial charge in [-0.15, -0.1) is 0 Å². The van der Waals surface area contributed by atoms with Gasteiger partial charge in [0.15, 0.2) is 11.5 Å². The average Bonchev–Trinajstić information content (AvgIpc) is 3.03. The number of rotatable bonds is 4. The van der Waals surface area contributed by atoms with Gasteiger partial charge < -0.3 is 14.4 Å². The fourth-order valence-electron chi connectivity index (χ4n) is 3.79. The number of amides is 1. The minimum absolute atomic E-state index is 0.164. The Labute approximate surface area is 170 Å². The quantitative estimate of drug-likeness (QED) is 0.780. The van der Waals surface area contributed by atoms with Gasteiger partial charge in [-0.3, -0.25) is 9.69 Å². The largest absolute Gasteiger partial charge is 0.454 e. The Hall–Kier alpha value is -2.24. The Morgan fingerprint density at radius 1 is 0.964 bits per heavy atom. The lowest BCUT2D eigenvalue weighted by Crippen LogP contribution is -2.32. The van der Waals surface area contributed by atoms with Crippen LogP contribution in [0.4, 0.5) is 0 Å². The number of ether oxygens (including phenoxy) is 2. The van der Waals surface area contributed by atoms with E-state index >= 15 is 0 Å². The number of fused-ring (bicyclic) bond motifs is 1. The van der Waals surface area contributed by atoms with Gasteiger partial charge in [-0.2, -0.15) is 0 Å². The van der Waals surface area contributed by atoms with Crippen LogP contribution in [-0.2, 0) is 17.9 Å². The Morgan fingerprint density at radius 3 is 2.54 bits per heavy atom. The number of aryl methyl sites for hydroxylation is 2. The number of hydrogen-bond acceptors (Lipinski definition) is 4. The standard InChI is InChI=1S/C22H25ClN2O3/c1-15-3-4-17(16(2)9-15)12-24-6-5-22(26)25(8-7-24)13-18-10-20-21(11-19(18)23)28-14-27-20/h3-4,9-11H,5-8,12-14H2,1-2H3. The van der Waals surface area contributed by atoms with Crippen molar-refractivity contribution in [1.82, 2.24) is 9.80 Å². The molecule has 0 spiro atoms. The predicted molar refractivity (Wildman–Crippen MR) is 109 cm³/mol. The molecule has 148 valence electrons. The lowest BCUT2D eigenvalue weighted by atomic mass is 10.1. The molecule has 6 heteroatoms. The van der Waals surface area contributed by atoms with Crippen LogP contribution in [0.3, 0.4) is 0 Å². The summed E-state index contributed by atoms with van der Waals surface area (Å²) >= 11 is 6.40. The van der Waals surface area contributed by atoms with Crippen molar-refractivity contribution in [1.29, 1.82) is 0 Å². The maximum Gasteiger partial charge on any atom is 0.231 e. The van der Waals surface area contributed by atoms with E-state index in [1.165, 1.54) is 16.7 Å². The molecule has 2 aliphatic rings. The van der Waals surface area contributed by atoms with Crippen LogP contribution in [0.2, 0.25) is 5.02 Å². The van der Waals surface area contributed by atoms with E-state index in [1.807, 2.05) is 11.0 Å². The molecule has 28 heavy (non-hydrogen) atoms. The Kier molecular flexibility index (Phi) is 5.47. The van der Waals surface area contributed by atoms with E-state index in [4.69, 9.17) is 21.1 Å². The zero-order valence-electron chi connectivity index (χ0n) is 16.3. The third-order valence-electron chi connectivity index (χ3n) is 5.48. The van der Waals surface area contributed by atoms with Crippen LogP contribution >= 0.6 is 11.6 Å².